The molecule has 0 saturated heterocycles. The molecule has 4 aromatic heterocycles. The molecule has 0 spiro atoms. The Bertz CT molecular complexity index is 935. The molecule has 21 heavy (non-hydrogen) atoms. The Balaban J connectivity index is 0.00000132. The van der Waals surface area contributed by atoms with E-state index in [-0.39, 0.29) is 6.15 Å². The molecule has 4 heterocycles. The van der Waals surface area contributed by atoms with Crippen LogP contribution in [0, 0.1) is 6.92 Å². The Kier molecular flexibility index (Phi) is 2.91. The number of aryl methyl sites for hydroxylation is 2. The van der Waals surface area contributed by atoms with Gasteiger partial charge in [0.05, 0.1) is 28.7 Å². The van der Waals surface area contributed by atoms with Crippen molar-refractivity contribution in [1.82, 2.24) is 35.5 Å². The highest BCUT2D eigenvalue weighted by Gasteiger charge is 2.12. The molecule has 106 valence electrons. The van der Waals surface area contributed by atoms with Crippen LogP contribution in [0.1, 0.15) is 5.69 Å². The minimum atomic E-state index is 0. The van der Waals surface area contributed by atoms with Gasteiger partial charge < -0.3 is 6.15 Å². The van der Waals surface area contributed by atoms with Crippen molar-refractivity contribution < 1.29 is 0 Å². The van der Waals surface area contributed by atoms with Crippen LogP contribution in [0.15, 0.2) is 36.9 Å². The lowest BCUT2D eigenvalue weighted by Gasteiger charge is -2.00. The van der Waals surface area contributed by atoms with E-state index in [0.29, 0.717) is 0 Å². The molecule has 0 aliphatic carbocycles. The summed E-state index contributed by atoms with van der Waals surface area (Å²) in [4.78, 5) is 8.89. The smallest absolute Gasteiger partial charge is 0.164 e. The Hall–Kier alpha value is -2.80. The van der Waals surface area contributed by atoms with Crippen molar-refractivity contribution in [3.63, 3.8) is 0 Å². The van der Waals surface area contributed by atoms with Crippen molar-refractivity contribution >= 4 is 16.6 Å². The average Bonchev–Trinajstić information content (AvgIpc) is 3.01. The second-order valence-electron chi connectivity index (χ2n) is 4.74. The van der Waals surface area contributed by atoms with Gasteiger partial charge in [0.25, 0.3) is 0 Å². The Morgan fingerprint density at radius 3 is 2.86 bits per heavy atom. The second-order valence-corrected chi connectivity index (χ2v) is 4.74. The molecule has 0 unspecified atom stereocenters. The number of aromatic nitrogens is 6. The van der Waals surface area contributed by atoms with Gasteiger partial charge in [-0.2, -0.15) is 10.2 Å². The molecule has 0 aliphatic rings. The van der Waals surface area contributed by atoms with Gasteiger partial charge in [-0.1, -0.05) is 0 Å². The Morgan fingerprint density at radius 2 is 2.00 bits per heavy atom. The molecule has 0 saturated carbocycles. The molecule has 7 nitrogen and oxygen atoms in total. The molecule has 0 radical (unpaired) electrons. The van der Waals surface area contributed by atoms with Gasteiger partial charge in [0.15, 0.2) is 5.65 Å². The molecular formula is C14H15N7. The van der Waals surface area contributed by atoms with Crippen LogP contribution in [0.2, 0.25) is 0 Å². The zero-order valence-electron chi connectivity index (χ0n) is 11.9. The quantitative estimate of drug-likeness (QED) is 0.576. The SMILES string of the molecule is Cc1nn(C)c2cc(-c3cnn4cccnc34)ncc12.N. The zero-order valence-corrected chi connectivity index (χ0v) is 11.9. The molecule has 0 atom stereocenters. The summed E-state index contributed by atoms with van der Waals surface area (Å²) in [5.41, 5.74) is 4.63. The van der Waals surface area contributed by atoms with Gasteiger partial charge in [0, 0.05) is 31.0 Å². The summed E-state index contributed by atoms with van der Waals surface area (Å²) in [6.07, 6.45) is 7.28. The summed E-state index contributed by atoms with van der Waals surface area (Å²) in [5.74, 6) is 0. The largest absolute Gasteiger partial charge is 0.344 e. The van der Waals surface area contributed by atoms with Gasteiger partial charge in [0.2, 0.25) is 0 Å². The number of pyridine rings is 1. The fourth-order valence-electron chi connectivity index (χ4n) is 2.48. The monoisotopic (exact) mass is 281 g/mol. The molecule has 3 N–H and O–H groups in total. The molecule has 0 aromatic carbocycles. The normalized spacial score (nSPS) is 11.0. The van der Waals surface area contributed by atoms with Crippen LogP contribution in [0.25, 0.3) is 27.8 Å². The van der Waals surface area contributed by atoms with Crippen LogP contribution in [0.3, 0.4) is 0 Å². The van der Waals surface area contributed by atoms with Crippen molar-refractivity contribution in [1.29, 1.82) is 0 Å². The van der Waals surface area contributed by atoms with E-state index in [2.05, 4.69) is 20.2 Å². The predicted octanol–water partition coefficient (Wildman–Crippen LogP) is 2.15. The number of fused-ring (bicyclic) bond motifs is 2. The summed E-state index contributed by atoms with van der Waals surface area (Å²) in [6, 6.07) is 3.88. The third-order valence-electron chi connectivity index (χ3n) is 3.48. The van der Waals surface area contributed by atoms with E-state index in [1.54, 1.807) is 16.9 Å². The maximum Gasteiger partial charge on any atom is 0.164 e. The van der Waals surface area contributed by atoms with Crippen LogP contribution in [0.4, 0.5) is 0 Å². The van der Waals surface area contributed by atoms with Crippen molar-refractivity contribution in [3.8, 4) is 11.3 Å². The fraction of sp³-hybridized carbons (Fsp3) is 0.143. The summed E-state index contributed by atoms with van der Waals surface area (Å²) in [7, 11) is 1.94. The molecular weight excluding hydrogens is 266 g/mol. The van der Waals surface area contributed by atoms with E-state index in [0.717, 1.165) is 33.5 Å². The molecule has 0 amide bonds. The van der Waals surface area contributed by atoms with Gasteiger partial charge in [0.1, 0.15) is 0 Å². The molecule has 7 heteroatoms. The topological polar surface area (TPSA) is 95.9 Å². The molecule has 0 fully saturated rings. The lowest BCUT2D eigenvalue weighted by Crippen LogP contribution is -1.91. The Labute approximate surface area is 120 Å². The summed E-state index contributed by atoms with van der Waals surface area (Å²) in [6.45, 7) is 1.99. The molecule has 0 aliphatic heterocycles. The van der Waals surface area contributed by atoms with Crippen LogP contribution in [0.5, 0.6) is 0 Å². The zero-order chi connectivity index (χ0) is 13.7. The molecule has 4 rings (SSSR count). The standard InChI is InChI=1S/C14H12N6.H3N/c1-9-10-7-16-12(6-13(10)19(2)18-9)11-8-17-20-5-3-4-15-14(11)20;/h3-8H,1-2H3;1H3. The maximum atomic E-state index is 4.53. The van der Waals surface area contributed by atoms with Gasteiger partial charge >= 0.3 is 0 Å². The first kappa shape index (κ1) is 13.2. The second kappa shape index (κ2) is 4.64. The summed E-state index contributed by atoms with van der Waals surface area (Å²) < 4.78 is 3.62. The number of nitrogens with zero attached hydrogens (tertiary/aromatic N) is 6. The molecule has 0 bridgehead atoms. The van der Waals surface area contributed by atoms with Crippen molar-refractivity contribution in [3.05, 3.63) is 42.6 Å². The van der Waals surface area contributed by atoms with Crippen LogP contribution in [-0.2, 0) is 7.05 Å². The fourth-order valence-corrected chi connectivity index (χ4v) is 2.48. The highest BCUT2D eigenvalue weighted by molar-refractivity contribution is 5.86. The van der Waals surface area contributed by atoms with Gasteiger partial charge in [-0.25, -0.2) is 9.50 Å². The van der Waals surface area contributed by atoms with E-state index in [4.69, 9.17) is 0 Å². The van der Waals surface area contributed by atoms with E-state index in [1.807, 2.05) is 43.2 Å². The Morgan fingerprint density at radius 1 is 1.14 bits per heavy atom. The van der Waals surface area contributed by atoms with Crippen LogP contribution < -0.4 is 6.15 Å². The van der Waals surface area contributed by atoms with Crippen LogP contribution >= 0.6 is 0 Å². The predicted molar refractivity (Wildman–Crippen MR) is 80.2 cm³/mol. The first-order valence-corrected chi connectivity index (χ1v) is 6.32. The van der Waals surface area contributed by atoms with E-state index < -0.39 is 0 Å². The van der Waals surface area contributed by atoms with Gasteiger partial charge in [-0.3, -0.25) is 9.67 Å². The summed E-state index contributed by atoms with van der Waals surface area (Å²) >= 11 is 0. The lowest BCUT2D eigenvalue weighted by molar-refractivity contribution is 0.783. The van der Waals surface area contributed by atoms with E-state index in [9.17, 15) is 0 Å². The first-order chi connectivity index (χ1) is 9.74. The maximum absolute atomic E-state index is 4.53. The average molecular weight is 281 g/mol. The van der Waals surface area contributed by atoms with E-state index >= 15 is 0 Å². The third kappa shape index (κ3) is 1.86. The highest BCUT2D eigenvalue weighted by Crippen LogP contribution is 2.25. The lowest BCUT2D eigenvalue weighted by atomic mass is 10.2. The number of hydrogen-bond acceptors (Lipinski definition) is 5. The van der Waals surface area contributed by atoms with Gasteiger partial charge in [-0.05, 0) is 19.1 Å². The third-order valence-corrected chi connectivity index (χ3v) is 3.48. The minimum absolute atomic E-state index is 0. The summed E-state index contributed by atoms with van der Waals surface area (Å²) in [5, 5.41) is 9.78. The van der Waals surface area contributed by atoms with Crippen molar-refractivity contribution in [2.24, 2.45) is 7.05 Å². The number of rotatable bonds is 1. The molecule has 4 aromatic rings. The first-order valence-electron chi connectivity index (χ1n) is 6.32. The van der Waals surface area contributed by atoms with Crippen LogP contribution in [-0.4, -0.2) is 29.4 Å². The van der Waals surface area contributed by atoms with Crippen molar-refractivity contribution in [2.75, 3.05) is 0 Å². The van der Waals surface area contributed by atoms with E-state index in [1.165, 1.54) is 0 Å². The van der Waals surface area contributed by atoms with Crippen molar-refractivity contribution in [2.45, 2.75) is 6.92 Å². The number of hydrogen-bond donors (Lipinski definition) is 1. The minimum Gasteiger partial charge on any atom is -0.344 e. The highest BCUT2D eigenvalue weighted by atomic mass is 15.3. The van der Waals surface area contributed by atoms with Gasteiger partial charge in [-0.15, -0.1) is 0 Å².